The second-order valence-corrected chi connectivity index (χ2v) is 9.17. The first-order chi connectivity index (χ1) is 17.7. The number of ether oxygens (including phenoxy) is 1. The minimum atomic E-state index is -1.37. The van der Waals surface area contributed by atoms with Gasteiger partial charge in [0.15, 0.2) is 0 Å². The van der Waals surface area contributed by atoms with E-state index in [1.54, 1.807) is 48.5 Å². The monoisotopic (exact) mass is 505 g/mol. The van der Waals surface area contributed by atoms with Crippen LogP contribution < -0.4 is 20.7 Å². The van der Waals surface area contributed by atoms with Crippen molar-refractivity contribution in [3.8, 4) is 5.75 Å². The Balaban J connectivity index is 1.73. The maximum atomic E-state index is 12.0. The van der Waals surface area contributed by atoms with Gasteiger partial charge < -0.3 is 30.9 Å². The Bertz CT molecular complexity index is 1090. The Morgan fingerprint density at radius 3 is 1.78 bits per heavy atom. The lowest BCUT2D eigenvalue weighted by molar-refractivity contribution is -0.115. The van der Waals surface area contributed by atoms with Crippen LogP contribution in [-0.4, -0.2) is 47.3 Å². The summed E-state index contributed by atoms with van der Waals surface area (Å²) in [5.41, 5.74) is 1.19. The van der Waals surface area contributed by atoms with Crippen molar-refractivity contribution in [3.63, 3.8) is 0 Å². The highest BCUT2D eigenvalue weighted by molar-refractivity contribution is 5.89. The highest BCUT2D eigenvalue weighted by Crippen LogP contribution is 2.35. The molecule has 0 saturated carbocycles. The Hall–Kier alpha value is -3.72. The van der Waals surface area contributed by atoms with Gasteiger partial charge in [0.1, 0.15) is 24.1 Å². The molecular formula is C29H35N3O5. The Labute approximate surface area is 217 Å². The maximum absolute atomic E-state index is 12.0. The largest absolute Gasteiger partial charge is 0.491 e. The van der Waals surface area contributed by atoms with E-state index in [1.807, 2.05) is 37.3 Å². The van der Waals surface area contributed by atoms with Crippen LogP contribution in [-0.2, 0) is 15.2 Å². The summed E-state index contributed by atoms with van der Waals surface area (Å²) >= 11 is 0. The summed E-state index contributed by atoms with van der Waals surface area (Å²) in [5.74, 6) is 0.336. The third-order valence-corrected chi connectivity index (χ3v) is 5.85. The van der Waals surface area contributed by atoms with Gasteiger partial charge in [0.25, 0.3) is 0 Å². The van der Waals surface area contributed by atoms with E-state index in [1.165, 1.54) is 13.8 Å². The lowest BCUT2D eigenvalue weighted by atomic mass is 9.81. The number of amides is 2. The molecule has 3 aromatic carbocycles. The highest BCUT2D eigenvalue weighted by Gasteiger charge is 2.33. The van der Waals surface area contributed by atoms with Crippen LogP contribution in [0.1, 0.15) is 38.3 Å². The summed E-state index contributed by atoms with van der Waals surface area (Å²) in [6.07, 6.45) is -0.428. The number of nitrogens with one attached hydrogen (secondary N) is 3. The smallest absolute Gasteiger partial charge is 0.221 e. The van der Waals surface area contributed by atoms with Crippen molar-refractivity contribution in [3.05, 3.63) is 90.0 Å². The van der Waals surface area contributed by atoms with Crippen LogP contribution >= 0.6 is 0 Å². The third kappa shape index (κ3) is 8.42. The van der Waals surface area contributed by atoms with E-state index in [0.29, 0.717) is 34.7 Å². The molecule has 0 saturated heterocycles. The van der Waals surface area contributed by atoms with E-state index in [0.717, 1.165) is 0 Å². The van der Waals surface area contributed by atoms with Gasteiger partial charge in [-0.15, -0.1) is 0 Å². The standard InChI is InChI=1S/C29H35N3O5/c1-20(30-18-27(35)19-37-28-7-5-4-6-8-28)17-29(36,23-9-13-25(14-10-23)31-21(2)33)24-11-15-26(16-12-24)32-22(3)34/h4-16,20,27,30,35-36H,17-19H2,1-3H3,(H,31,33)(H,32,34)/t20-,27-/m0/s1. The average molecular weight is 506 g/mol. The van der Waals surface area contributed by atoms with Crippen molar-refractivity contribution in [1.29, 1.82) is 0 Å². The summed E-state index contributed by atoms with van der Waals surface area (Å²) < 4.78 is 5.62. The van der Waals surface area contributed by atoms with Crippen molar-refractivity contribution < 1.29 is 24.5 Å². The summed E-state index contributed by atoms with van der Waals surface area (Å²) in [6, 6.07) is 23.2. The van der Waals surface area contributed by atoms with Gasteiger partial charge in [0, 0.05) is 37.8 Å². The molecule has 0 unspecified atom stereocenters. The molecular weight excluding hydrogens is 470 g/mol. The normalized spacial score (nSPS) is 12.9. The fourth-order valence-corrected chi connectivity index (χ4v) is 4.09. The van der Waals surface area contributed by atoms with Gasteiger partial charge in [0.05, 0.1) is 0 Å². The van der Waals surface area contributed by atoms with E-state index in [2.05, 4.69) is 16.0 Å². The van der Waals surface area contributed by atoms with Gasteiger partial charge in [-0.25, -0.2) is 0 Å². The van der Waals surface area contributed by atoms with E-state index < -0.39 is 11.7 Å². The van der Waals surface area contributed by atoms with Crippen LogP contribution in [0.15, 0.2) is 78.9 Å². The molecule has 8 heteroatoms. The zero-order valence-electron chi connectivity index (χ0n) is 21.4. The van der Waals surface area contributed by atoms with E-state index in [9.17, 15) is 19.8 Å². The number of aliphatic hydroxyl groups excluding tert-OH is 1. The number of rotatable bonds is 12. The number of hydrogen-bond donors (Lipinski definition) is 5. The maximum Gasteiger partial charge on any atom is 0.221 e. The highest BCUT2D eigenvalue weighted by atomic mass is 16.5. The Morgan fingerprint density at radius 2 is 1.32 bits per heavy atom. The van der Waals surface area contributed by atoms with Gasteiger partial charge in [-0.05, 0) is 60.9 Å². The first-order valence-electron chi connectivity index (χ1n) is 12.2. The van der Waals surface area contributed by atoms with Crippen LogP contribution in [0.4, 0.5) is 11.4 Å². The summed E-state index contributed by atoms with van der Waals surface area (Å²) in [6.45, 7) is 5.24. The quantitative estimate of drug-likeness (QED) is 0.256. The van der Waals surface area contributed by atoms with Gasteiger partial charge in [0.2, 0.25) is 11.8 Å². The van der Waals surface area contributed by atoms with Gasteiger partial charge in [-0.1, -0.05) is 42.5 Å². The first kappa shape index (κ1) is 27.9. The number of hydrogen-bond acceptors (Lipinski definition) is 6. The third-order valence-electron chi connectivity index (χ3n) is 5.85. The molecule has 37 heavy (non-hydrogen) atoms. The molecule has 0 fully saturated rings. The van der Waals surface area contributed by atoms with Gasteiger partial charge >= 0.3 is 0 Å². The molecule has 0 aliphatic rings. The van der Waals surface area contributed by atoms with Crippen LogP contribution in [0, 0.1) is 0 Å². The molecule has 0 spiro atoms. The number of anilines is 2. The fourth-order valence-electron chi connectivity index (χ4n) is 4.09. The molecule has 0 radical (unpaired) electrons. The number of benzene rings is 3. The molecule has 0 aliphatic heterocycles. The lowest BCUT2D eigenvalue weighted by Crippen LogP contribution is -2.41. The van der Waals surface area contributed by atoms with E-state index >= 15 is 0 Å². The van der Waals surface area contributed by atoms with Crippen molar-refractivity contribution >= 4 is 23.2 Å². The Morgan fingerprint density at radius 1 is 0.838 bits per heavy atom. The molecule has 196 valence electrons. The first-order valence-corrected chi connectivity index (χ1v) is 12.2. The minimum absolute atomic E-state index is 0.142. The molecule has 0 aromatic heterocycles. The summed E-state index contributed by atoms with van der Waals surface area (Å²) in [5, 5.41) is 31.1. The number of aliphatic hydroxyl groups is 2. The second kappa shape index (κ2) is 13.0. The van der Waals surface area contributed by atoms with Gasteiger partial charge in [-0.3, -0.25) is 9.59 Å². The minimum Gasteiger partial charge on any atom is -0.491 e. The molecule has 0 heterocycles. The number of carbonyl (C=O) groups excluding carboxylic acids is 2. The molecule has 5 N–H and O–H groups in total. The van der Waals surface area contributed by atoms with Crippen molar-refractivity contribution in [2.75, 3.05) is 23.8 Å². The molecule has 8 nitrogen and oxygen atoms in total. The van der Waals surface area contributed by atoms with Crippen molar-refractivity contribution in [2.45, 2.75) is 44.9 Å². The molecule has 3 rings (SSSR count). The predicted octanol–water partition coefficient (Wildman–Crippen LogP) is 3.65. The summed E-state index contributed by atoms with van der Waals surface area (Å²) in [4.78, 5) is 22.8. The lowest BCUT2D eigenvalue weighted by Gasteiger charge is -2.33. The van der Waals surface area contributed by atoms with E-state index in [4.69, 9.17) is 4.74 Å². The van der Waals surface area contributed by atoms with Crippen molar-refractivity contribution in [1.82, 2.24) is 5.32 Å². The predicted molar refractivity (Wildman–Crippen MR) is 145 cm³/mol. The SMILES string of the molecule is CC(=O)Nc1ccc(C(O)(C[C@H](C)NC[C@H](O)COc2ccccc2)c2ccc(NC(C)=O)cc2)cc1. The molecule has 3 aromatic rings. The average Bonchev–Trinajstić information content (AvgIpc) is 2.87. The van der Waals surface area contributed by atoms with Crippen LogP contribution in [0.3, 0.4) is 0 Å². The Kier molecular flexibility index (Phi) is 9.79. The molecule has 0 bridgehead atoms. The number of carbonyl (C=O) groups is 2. The summed E-state index contributed by atoms with van der Waals surface area (Å²) in [7, 11) is 0. The second-order valence-electron chi connectivity index (χ2n) is 9.17. The van der Waals surface area contributed by atoms with Gasteiger partial charge in [-0.2, -0.15) is 0 Å². The van der Waals surface area contributed by atoms with E-state index in [-0.39, 0.29) is 31.0 Å². The molecule has 2 amide bonds. The zero-order chi connectivity index (χ0) is 26.8. The van der Waals surface area contributed by atoms with Crippen molar-refractivity contribution in [2.24, 2.45) is 0 Å². The molecule has 2 atom stereocenters. The fraction of sp³-hybridized carbons (Fsp3) is 0.310. The number of para-hydroxylation sites is 1. The molecule has 0 aliphatic carbocycles. The van der Waals surface area contributed by atoms with Crippen LogP contribution in [0.5, 0.6) is 5.75 Å². The van der Waals surface area contributed by atoms with Crippen LogP contribution in [0.25, 0.3) is 0 Å². The topological polar surface area (TPSA) is 120 Å². The van der Waals surface area contributed by atoms with Crippen LogP contribution in [0.2, 0.25) is 0 Å². The zero-order valence-corrected chi connectivity index (χ0v) is 21.4.